The molecule has 0 spiro atoms. The largest absolute Gasteiger partial charge is 0.275 e. The predicted molar refractivity (Wildman–Crippen MR) is 59.1 cm³/mol. The maximum atomic E-state index is 4.35. The maximum absolute atomic E-state index is 4.35. The first-order chi connectivity index (χ1) is 6.79. The molecule has 0 saturated carbocycles. The molecule has 0 aliphatic heterocycles. The van der Waals surface area contributed by atoms with Crippen LogP contribution in [0, 0.1) is 0 Å². The molecule has 0 aliphatic carbocycles. The zero-order valence-electron chi connectivity index (χ0n) is 7.81. The molecular weight excluding hydrogens is 242 g/mol. The van der Waals surface area contributed by atoms with E-state index in [4.69, 9.17) is 0 Å². The Kier molecular flexibility index (Phi) is 2.63. The number of nitrogens with zero attached hydrogens (tertiary/aromatic N) is 3. The number of aromatic nitrogens is 3. The lowest BCUT2D eigenvalue weighted by atomic mass is 10.2. The summed E-state index contributed by atoms with van der Waals surface area (Å²) in [6.45, 7) is 0. The summed E-state index contributed by atoms with van der Waals surface area (Å²) >= 11 is 3.39. The molecule has 0 N–H and O–H groups in total. The van der Waals surface area contributed by atoms with Crippen molar-refractivity contribution in [2.45, 2.75) is 5.33 Å². The van der Waals surface area contributed by atoms with Crippen molar-refractivity contribution in [1.29, 1.82) is 0 Å². The molecule has 72 valence electrons. The average Bonchev–Trinajstić information content (AvgIpc) is 2.65. The van der Waals surface area contributed by atoms with Gasteiger partial charge in [-0.2, -0.15) is 5.10 Å². The Morgan fingerprint density at radius 1 is 1.36 bits per heavy atom. The standard InChI is InChI=1S/C10H10BrN3/c1-14-7-9(6-13-14)10-3-2-8(4-11)5-12-10/h2-3,5-7H,4H2,1H3. The van der Waals surface area contributed by atoms with Gasteiger partial charge in [-0.25, -0.2) is 0 Å². The Labute approximate surface area is 90.9 Å². The fourth-order valence-electron chi connectivity index (χ4n) is 1.23. The fourth-order valence-corrected chi connectivity index (χ4v) is 1.56. The van der Waals surface area contributed by atoms with Gasteiger partial charge in [0.15, 0.2) is 0 Å². The van der Waals surface area contributed by atoms with Crippen LogP contribution in [0.2, 0.25) is 0 Å². The first-order valence-corrected chi connectivity index (χ1v) is 5.41. The molecule has 0 saturated heterocycles. The third kappa shape index (κ3) is 1.85. The molecule has 2 heterocycles. The van der Waals surface area contributed by atoms with Gasteiger partial charge >= 0.3 is 0 Å². The zero-order valence-corrected chi connectivity index (χ0v) is 9.40. The predicted octanol–water partition coefficient (Wildman–Crippen LogP) is 2.38. The molecule has 14 heavy (non-hydrogen) atoms. The summed E-state index contributed by atoms with van der Waals surface area (Å²) in [5.74, 6) is 0. The second-order valence-corrected chi connectivity index (χ2v) is 3.65. The van der Waals surface area contributed by atoms with Crippen LogP contribution < -0.4 is 0 Å². The average molecular weight is 252 g/mol. The third-order valence-corrected chi connectivity index (χ3v) is 2.63. The second kappa shape index (κ2) is 3.92. The van der Waals surface area contributed by atoms with Crippen molar-refractivity contribution in [2.24, 2.45) is 7.05 Å². The molecule has 3 nitrogen and oxygen atoms in total. The number of hydrogen-bond acceptors (Lipinski definition) is 2. The van der Waals surface area contributed by atoms with Crippen LogP contribution in [0.1, 0.15) is 5.56 Å². The lowest BCUT2D eigenvalue weighted by Gasteiger charge is -1.97. The fraction of sp³-hybridized carbons (Fsp3) is 0.200. The summed E-state index contributed by atoms with van der Waals surface area (Å²) in [5.41, 5.74) is 3.19. The Hall–Kier alpha value is -1.16. The summed E-state index contributed by atoms with van der Waals surface area (Å²) in [5, 5.41) is 4.94. The van der Waals surface area contributed by atoms with E-state index < -0.39 is 0 Å². The monoisotopic (exact) mass is 251 g/mol. The zero-order chi connectivity index (χ0) is 9.97. The Morgan fingerprint density at radius 3 is 2.71 bits per heavy atom. The van der Waals surface area contributed by atoms with E-state index in [-0.39, 0.29) is 0 Å². The highest BCUT2D eigenvalue weighted by Crippen LogP contribution is 2.16. The van der Waals surface area contributed by atoms with Crippen molar-refractivity contribution in [3.8, 4) is 11.3 Å². The van der Waals surface area contributed by atoms with Gasteiger partial charge in [-0.05, 0) is 11.6 Å². The van der Waals surface area contributed by atoms with Crippen LogP contribution in [0.4, 0.5) is 0 Å². The number of rotatable bonds is 2. The van der Waals surface area contributed by atoms with Crippen molar-refractivity contribution in [1.82, 2.24) is 14.8 Å². The molecule has 4 heteroatoms. The SMILES string of the molecule is Cn1cc(-c2ccc(CBr)cn2)cn1. The third-order valence-electron chi connectivity index (χ3n) is 1.98. The highest BCUT2D eigenvalue weighted by atomic mass is 79.9. The van der Waals surface area contributed by atoms with Gasteiger partial charge in [-0.15, -0.1) is 0 Å². The van der Waals surface area contributed by atoms with Gasteiger partial charge in [0, 0.05) is 30.3 Å². The molecule has 2 rings (SSSR count). The van der Waals surface area contributed by atoms with Crippen LogP contribution in [0.15, 0.2) is 30.7 Å². The summed E-state index contributed by atoms with van der Waals surface area (Å²) < 4.78 is 1.77. The molecule has 0 bridgehead atoms. The quantitative estimate of drug-likeness (QED) is 0.768. The van der Waals surface area contributed by atoms with Gasteiger partial charge in [0.2, 0.25) is 0 Å². The van der Waals surface area contributed by atoms with E-state index in [0.717, 1.165) is 16.6 Å². The number of aryl methyl sites for hydroxylation is 1. The van der Waals surface area contributed by atoms with Crippen molar-refractivity contribution < 1.29 is 0 Å². The van der Waals surface area contributed by atoms with E-state index in [1.165, 1.54) is 5.56 Å². The molecule has 0 aromatic carbocycles. The van der Waals surface area contributed by atoms with Gasteiger partial charge in [0.1, 0.15) is 0 Å². The molecule has 2 aromatic heterocycles. The highest BCUT2D eigenvalue weighted by Gasteiger charge is 2.00. The summed E-state index contributed by atoms with van der Waals surface area (Å²) in [4.78, 5) is 4.35. The van der Waals surface area contributed by atoms with Crippen LogP contribution >= 0.6 is 15.9 Å². The Balaban J connectivity index is 2.33. The highest BCUT2D eigenvalue weighted by molar-refractivity contribution is 9.08. The summed E-state index contributed by atoms with van der Waals surface area (Å²) in [6, 6.07) is 4.07. The van der Waals surface area contributed by atoms with Crippen molar-refractivity contribution in [3.05, 3.63) is 36.3 Å². The van der Waals surface area contributed by atoms with Gasteiger partial charge < -0.3 is 0 Å². The van der Waals surface area contributed by atoms with E-state index >= 15 is 0 Å². The van der Waals surface area contributed by atoms with Crippen molar-refractivity contribution in [3.63, 3.8) is 0 Å². The van der Waals surface area contributed by atoms with E-state index in [1.807, 2.05) is 31.7 Å². The number of pyridine rings is 1. The van der Waals surface area contributed by atoms with Crippen LogP contribution in [-0.2, 0) is 12.4 Å². The maximum Gasteiger partial charge on any atom is 0.0733 e. The molecule has 0 radical (unpaired) electrons. The van der Waals surface area contributed by atoms with Crippen LogP contribution in [0.25, 0.3) is 11.3 Å². The number of halogens is 1. The van der Waals surface area contributed by atoms with Crippen LogP contribution in [-0.4, -0.2) is 14.8 Å². The molecule has 2 aromatic rings. The van der Waals surface area contributed by atoms with E-state index in [1.54, 1.807) is 4.68 Å². The van der Waals surface area contributed by atoms with Crippen LogP contribution in [0.5, 0.6) is 0 Å². The second-order valence-electron chi connectivity index (χ2n) is 3.09. The Bertz CT molecular complexity index is 419. The lowest BCUT2D eigenvalue weighted by Crippen LogP contribution is -1.85. The Morgan fingerprint density at radius 2 is 2.21 bits per heavy atom. The topological polar surface area (TPSA) is 30.7 Å². The van der Waals surface area contributed by atoms with Gasteiger partial charge in [0.25, 0.3) is 0 Å². The van der Waals surface area contributed by atoms with Gasteiger partial charge in [-0.3, -0.25) is 9.67 Å². The minimum absolute atomic E-state index is 0.841. The normalized spacial score (nSPS) is 10.4. The van der Waals surface area contributed by atoms with E-state index in [9.17, 15) is 0 Å². The van der Waals surface area contributed by atoms with E-state index in [0.29, 0.717) is 0 Å². The van der Waals surface area contributed by atoms with Crippen molar-refractivity contribution >= 4 is 15.9 Å². The summed E-state index contributed by atoms with van der Waals surface area (Å²) in [6.07, 6.45) is 5.64. The summed E-state index contributed by atoms with van der Waals surface area (Å²) in [7, 11) is 1.90. The van der Waals surface area contributed by atoms with Gasteiger partial charge in [-0.1, -0.05) is 22.0 Å². The molecular formula is C10H10BrN3. The molecule has 0 atom stereocenters. The number of alkyl halides is 1. The minimum atomic E-state index is 0.841. The minimum Gasteiger partial charge on any atom is -0.275 e. The molecule has 0 unspecified atom stereocenters. The first-order valence-electron chi connectivity index (χ1n) is 4.29. The molecule has 0 fully saturated rings. The molecule has 0 amide bonds. The lowest BCUT2D eigenvalue weighted by molar-refractivity contribution is 0.768. The van der Waals surface area contributed by atoms with Gasteiger partial charge in [0.05, 0.1) is 11.9 Å². The van der Waals surface area contributed by atoms with E-state index in [2.05, 4.69) is 32.1 Å². The first kappa shape index (κ1) is 9.40. The number of hydrogen-bond donors (Lipinski definition) is 0. The van der Waals surface area contributed by atoms with Crippen molar-refractivity contribution in [2.75, 3.05) is 0 Å². The smallest absolute Gasteiger partial charge is 0.0733 e. The molecule has 0 aliphatic rings. The van der Waals surface area contributed by atoms with Crippen LogP contribution in [0.3, 0.4) is 0 Å².